The predicted molar refractivity (Wildman–Crippen MR) is 89.8 cm³/mol. The molecule has 0 spiro atoms. The fourth-order valence-corrected chi connectivity index (χ4v) is 2.03. The molecule has 0 saturated heterocycles. The summed E-state index contributed by atoms with van der Waals surface area (Å²) in [4.78, 5) is 25.5. The Hall–Kier alpha value is -2.14. The van der Waals surface area contributed by atoms with E-state index in [9.17, 15) is 9.59 Å². The highest BCUT2D eigenvalue weighted by atomic mass is 16.5. The van der Waals surface area contributed by atoms with Gasteiger partial charge in [0, 0.05) is 32.9 Å². The molecule has 0 heterocycles. The Morgan fingerprint density at radius 3 is 2.57 bits per heavy atom. The number of carbonyl (C=O) groups is 2. The van der Waals surface area contributed by atoms with Gasteiger partial charge in [-0.15, -0.1) is 0 Å². The van der Waals surface area contributed by atoms with Gasteiger partial charge in [-0.2, -0.15) is 0 Å². The monoisotopic (exact) mass is 319 g/mol. The number of esters is 1. The molecular weight excluding hydrogens is 294 g/mol. The highest BCUT2D eigenvalue weighted by molar-refractivity contribution is 5.92. The molecule has 0 bridgehead atoms. The molecule has 0 atom stereocenters. The molecule has 0 N–H and O–H groups in total. The summed E-state index contributed by atoms with van der Waals surface area (Å²) >= 11 is 0. The molecule has 5 heteroatoms. The molecule has 1 aromatic rings. The highest BCUT2D eigenvalue weighted by Gasteiger charge is 2.13. The van der Waals surface area contributed by atoms with Crippen LogP contribution in [0.2, 0.25) is 0 Å². The lowest BCUT2D eigenvalue weighted by Crippen LogP contribution is -2.33. The van der Waals surface area contributed by atoms with Crippen LogP contribution in [0.5, 0.6) is 0 Å². The minimum Gasteiger partial charge on any atom is -0.466 e. The largest absolute Gasteiger partial charge is 0.466 e. The van der Waals surface area contributed by atoms with Crippen LogP contribution < -0.4 is 0 Å². The Labute approximate surface area is 137 Å². The second-order valence-corrected chi connectivity index (χ2v) is 4.97. The van der Waals surface area contributed by atoms with Crippen molar-refractivity contribution in [3.8, 4) is 0 Å². The Morgan fingerprint density at radius 2 is 1.91 bits per heavy atom. The number of benzene rings is 1. The maximum Gasteiger partial charge on any atom is 0.307 e. The van der Waals surface area contributed by atoms with Crippen molar-refractivity contribution in [1.82, 2.24) is 4.90 Å². The topological polar surface area (TPSA) is 55.8 Å². The quantitative estimate of drug-likeness (QED) is 0.378. The van der Waals surface area contributed by atoms with E-state index in [0.29, 0.717) is 26.3 Å². The van der Waals surface area contributed by atoms with Crippen molar-refractivity contribution >= 4 is 18.0 Å². The van der Waals surface area contributed by atoms with E-state index in [1.165, 1.54) is 6.08 Å². The minimum absolute atomic E-state index is 0.116. The Bertz CT molecular complexity index is 499. The first-order valence-corrected chi connectivity index (χ1v) is 7.84. The lowest BCUT2D eigenvalue weighted by Gasteiger charge is -2.20. The Kier molecular flexibility index (Phi) is 9.40. The Balaban J connectivity index is 2.59. The van der Waals surface area contributed by atoms with Gasteiger partial charge in [-0.3, -0.25) is 9.59 Å². The van der Waals surface area contributed by atoms with Gasteiger partial charge in [0.1, 0.15) is 0 Å². The van der Waals surface area contributed by atoms with Crippen molar-refractivity contribution in [2.75, 3.05) is 33.4 Å². The Morgan fingerprint density at radius 1 is 1.17 bits per heavy atom. The van der Waals surface area contributed by atoms with E-state index in [0.717, 1.165) is 12.0 Å². The zero-order valence-corrected chi connectivity index (χ0v) is 13.9. The molecule has 0 aromatic heterocycles. The van der Waals surface area contributed by atoms with E-state index >= 15 is 0 Å². The third-order valence-electron chi connectivity index (χ3n) is 3.20. The van der Waals surface area contributed by atoms with E-state index in [1.807, 2.05) is 30.3 Å². The molecule has 0 aliphatic heterocycles. The van der Waals surface area contributed by atoms with Crippen molar-refractivity contribution in [2.24, 2.45) is 0 Å². The van der Waals surface area contributed by atoms with Crippen LogP contribution in [0.3, 0.4) is 0 Å². The summed E-state index contributed by atoms with van der Waals surface area (Å²) in [6, 6.07) is 9.62. The van der Waals surface area contributed by atoms with Crippen molar-refractivity contribution < 1.29 is 19.1 Å². The van der Waals surface area contributed by atoms with Crippen molar-refractivity contribution in [3.05, 3.63) is 42.0 Å². The molecule has 1 rings (SSSR count). The molecule has 0 saturated carbocycles. The normalized spacial score (nSPS) is 10.7. The number of rotatable bonds is 10. The lowest BCUT2D eigenvalue weighted by atomic mass is 10.2. The number of hydrogen-bond donors (Lipinski definition) is 0. The third-order valence-corrected chi connectivity index (χ3v) is 3.20. The van der Waals surface area contributed by atoms with Gasteiger partial charge in [0.15, 0.2) is 0 Å². The molecule has 126 valence electrons. The van der Waals surface area contributed by atoms with E-state index in [1.54, 1.807) is 25.0 Å². The minimum atomic E-state index is -0.288. The SMILES string of the molecule is CCOC(=O)CCN(CCCOC)C(=O)/C=C/c1ccccc1. The molecule has 0 radical (unpaired) electrons. The van der Waals surface area contributed by atoms with E-state index in [2.05, 4.69) is 0 Å². The molecular formula is C18H25NO4. The van der Waals surface area contributed by atoms with Gasteiger partial charge >= 0.3 is 5.97 Å². The lowest BCUT2D eigenvalue weighted by molar-refractivity contribution is -0.143. The average Bonchev–Trinajstić information content (AvgIpc) is 2.57. The summed E-state index contributed by atoms with van der Waals surface area (Å²) < 4.78 is 9.93. The van der Waals surface area contributed by atoms with Gasteiger partial charge in [-0.05, 0) is 25.0 Å². The van der Waals surface area contributed by atoms with Gasteiger partial charge < -0.3 is 14.4 Å². The maximum absolute atomic E-state index is 12.3. The van der Waals surface area contributed by atoms with E-state index < -0.39 is 0 Å². The fourth-order valence-electron chi connectivity index (χ4n) is 2.03. The summed E-state index contributed by atoms with van der Waals surface area (Å²) in [6.07, 6.45) is 4.24. The van der Waals surface area contributed by atoms with Crippen molar-refractivity contribution in [1.29, 1.82) is 0 Å². The van der Waals surface area contributed by atoms with E-state index in [-0.39, 0.29) is 18.3 Å². The zero-order chi connectivity index (χ0) is 16.9. The first-order chi connectivity index (χ1) is 11.2. The molecule has 1 aromatic carbocycles. The summed E-state index contributed by atoms with van der Waals surface area (Å²) in [7, 11) is 1.63. The number of hydrogen-bond acceptors (Lipinski definition) is 4. The molecule has 0 aliphatic rings. The summed E-state index contributed by atoms with van der Waals surface area (Å²) in [5.74, 6) is -0.404. The third kappa shape index (κ3) is 8.16. The van der Waals surface area contributed by atoms with Crippen LogP contribution in [-0.4, -0.2) is 50.2 Å². The number of ether oxygens (including phenoxy) is 2. The van der Waals surface area contributed by atoms with Crippen molar-refractivity contribution in [3.63, 3.8) is 0 Å². The zero-order valence-electron chi connectivity index (χ0n) is 13.9. The van der Waals surface area contributed by atoms with Gasteiger partial charge in [-0.25, -0.2) is 0 Å². The number of carbonyl (C=O) groups excluding carboxylic acids is 2. The first kappa shape index (κ1) is 18.9. The van der Waals surface area contributed by atoms with Crippen LogP contribution in [0.25, 0.3) is 6.08 Å². The first-order valence-electron chi connectivity index (χ1n) is 7.84. The highest BCUT2D eigenvalue weighted by Crippen LogP contribution is 2.04. The maximum atomic E-state index is 12.3. The second-order valence-electron chi connectivity index (χ2n) is 4.97. The van der Waals surface area contributed by atoms with Crippen LogP contribution in [0.4, 0.5) is 0 Å². The summed E-state index contributed by atoms with van der Waals surface area (Å²) in [5, 5.41) is 0. The van der Waals surface area contributed by atoms with Gasteiger partial charge in [0.25, 0.3) is 0 Å². The summed E-state index contributed by atoms with van der Waals surface area (Å²) in [6.45, 7) is 3.59. The fraction of sp³-hybridized carbons (Fsp3) is 0.444. The standard InChI is InChI=1S/C18H25NO4/c1-3-23-18(21)12-14-19(13-7-15-22-2)17(20)11-10-16-8-5-4-6-9-16/h4-6,8-11H,3,7,12-15H2,1-2H3/b11-10+. The molecule has 1 amide bonds. The van der Waals surface area contributed by atoms with Crippen LogP contribution in [-0.2, 0) is 19.1 Å². The molecule has 5 nitrogen and oxygen atoms in total. The predicted octanol–water partition coefficient (Wildman–Crippen LogP) is 2.52. The van der Waals surface area contributed by atoms with Crippen LogP contribution in [0, 0.1) is 0 Å². The van der Waals surface area contributed by atoms with Gasteiger partial charge in [-0.1, -0.05) is 30.3 Å². The van der Waals surface area contributed by atoms with Crippen LogP contribution in [0.15, 0.2) is 36.4 Å². The number of nitrogens with zero attached hydrogens (tertiary/aromatic N) is 1. The average molecular weight is 319 g/mol. The van der Waals surface area contributed by atoms with Crippen LogP contribution in [0.1, 0.15) is 25.3 Å². The smallest absolute Gasteiger partial charge is 0.307 e. The van der Waals surface area contributed by atoms with E-state index in [4.69, 9.17) is 9.47 Å². The number of amides is 1. The van der Waals surface area contributed by atoms with Crippen LogP contribution >= 0.6 is 0 Å². The molecule has 23 heavy (non-hydrogen) atoms. The summed E-state index contributed by atoms with van der Waals surface area (Å²) in [5.41, 5.74) is 0.961. The number of methoxy groups -OCH3 is 1. The van der Waals surface area contributed by atoms with Gasteiger partial charge in [0.05, 0.1) is 13.0 Å². The molecule has 0 fully saturated rings. The van der Waals surface area contributed by atoms with Gasteiger partial charge in [0.2, 0.25) is 5.91 Å². The molecule has 0 aliphatic carbocycles. The molecule has 0 unspecified atom stereocenters. The second kappa shape index (κ2) is 11.4. The van der Waals surface area contributed by atoms with Crippen molar-refractivity contribution in [2.45, 2.75) is 19.8 Å².